The molecule has 1 aromatic heterocycles. The van der Waals surface area contributed by atoms with E-state index in [0.717, 1.165) is 22.6 Å². The van der Waals surface area contributed by atoms with Crippen LogP contribution in [0.15, 0.2) is 71.0 Å². The van der Waals surface area contributed by atoms with Crippen LogP contribution < -0.4 is 20.8 Å². The van der Waals surface area contributed by atoms with E-state index in [2.05, 4.69) is 21.2 Å². The zero-order chi connectivity index (χ0) is 30.4. The van der Waals surface area contributed by atoms with Gasteiger partial charge in [0.15, 0.2) is 11.7 Å². The second kappa shape index (κ2) is 13.1. The van der Waals surface area contributed by atoms with Crippen molar-refractivity contribution in [1.82, 2.24) is 20.6 Å². The molecule has 2 aromatic carbocycles. The van der Waals surface area contributed by atoms with Crippen LogP contribution in [0.1, 0.15) is 52.8 Å². The van der Waals surface area contributed by atoms with Gasteiger partial charge in [0.25, 0.3) is 5.91 Å². The number of hydrogen-bond donors (Lipinski definition) is 4. The molecule has 0 saturated carbocycles. The molecule has 12 heteroatoms. The van der Waals surface area contributed by atoms with E-state index >= 15 is 0 Å². The number of aromatic nitrogens is 1. The first-order valence-corrected chi connectivity index (χ1v) is 13.5. The third kappa shape index (κ3) is 6.66. The molecule has 3 aromatic rings. The quantitative estimate of drug-likeness (QED) is 0.121. The number of hydrazone groups is 1. The van der Waals surface area contributed by atoms with Gasteiger partial charge in [-0.15, -0.1) is 0 Å². The van der Waals surface area contributed by atoms with Crippen molar-refractivity contribution in [3.8, 4) is 11.4 Å². The molecule has 11 nitrogen and oxygen atoms in total. The molecule has 0 fully saturated rings. The molecule has 4 N–H and O–H groups in total. The van der Waals surface area contributed by atoms with Crippen LogP contribution in [0, 0.1) is 13.8 Å². The molecule has 1 aliphatic heterocycles. The fraction of sp³-hybridized carbons (Fsp3) is 0.233. The maximum absolute atomic E-state index is 12.7. The fourth-order valence-electron chi connectivity index (χ4n) is 4.68. The van der Waals surface area contributed by atoms with Gasteiger partial charge < -0.3 is 29.8 Å². The minimum atomic E-state index is -0.987. The number of benzene rings is 2. The van der Waals surface area contributed by atoms with Crippen molar-refractivity contribution in [2.24, 2.45) is 5.10 Å². The highest BCUT2D eigenvalue weighted by Crippen LogP contribution is 2.33. The number of aryl methyl sites for hydroxylation is 1. The molecule has 218 valence electrons. The van der Waals surface area contributed by atoms with E-state index in [1.807, 2.05) is 24.5 Å². The number of carboxylic acid groups (broad SMARTS) is 1. The first kappa shape index (κ1) is 30.0. The van der Waals surface area contributed by atoms with Gasteiger partial charge in [0, 0.05) is 33.9 Å². The fourth-order valence-corrected chi connectivity index (χ4v) is 4.95. The molecule has 0 bridgehead atoms. The Morgan fingerprint density at radius 1 is 1.12 bits per heavy atom. The summed E-state index contributed by atoms with van der Waals surface area (Å²) in [5, 5.41) is 19.6. The van der Waals surface area contributed by atoms with E-state index in [9.17, 15) is 14.4 Å². The summed E-state index contributed by atoms with van der Waals surface area (Å²) in [6.45, 7) is 7.20. The van der Waals surface area contributed by atoms with Gasteiger partial charge in [-0.3, -0.25) is 4.79 Å². The third-order valence-electron chi connectivity index (χ3n) is 6.59. The van der Waals surface area contributed by atoms with Gasteiger partial charge in [0.1, 0.15) is 5.75 Å². The summed E-state index contributed by atoms with van der Waals surface area (Å²) in [6.07, 6.45) is 1.54. The lowest BCUT2D eigenvalue weighted by Crippen LogP contribution is -2.45. The number of carbonyl (C=O) groups is 3. The monoisotopic (exact) mass is 589 g/mol. The minimum Gasteiger partial charge on any atom is -0.483 e. The van der Waals surface area contributed by atoms with Crippen LogP contribution in [0.5, 0.6) is 5.75 Å². The minimum absolute atomic E-state index is 0.206. The number of rotatable bonds is 10. The zero-order valence-electron chi connectivity index (χ0n) is 23.6. The number of carboxylic acids is 1. The van der Waals surface area contributed by atoms with E-state index in [4.69, 9.17) is 26.8 Å². The lowest BCUT2D eigenvalue weighted by atomic mass is 9.95. The van der Waals surface area contributed by atoms with Crippen LogP contribution in [0.2, 0.25) is 0 Å². The number of esters is 1. The van der Waals surface area contributed by atoms with E-state index in [0.29, 0.717) is 27.7 Å². The van der Waals surface area contributed by atoms with Crippen LogP contribution in [0.4, 0.5) is 0 Å². The summed E-state index contributed by atoms with van der Waals surface area (Å²) in [6, 6.07) is 14.9. The van der Waals surface area contributed by atoms with E-state index < -0.39 is 23.9 Å². The number of para-hydroxylation sites is 1. The zero-order valence-corrected chi connectivity index (χ0v) is 24.4. The second-order valence-electron chi connectivity index (χ2n) is 9.42. The van der Waals surface area contributed by atoms with Crippen molar-refractivity contribution in [3.05, 3.63) is 93.9 Å². The number of nitrogens with one attached hydrogen (secondary N) is 3. The summed E-state index contributed by atoms with van der Waals surface area (Å²) >= 11 is 5.31. The summed E-state index contributed by atoms with van der Waals surface area (Å²) in [5.41, 5.74) is 7.61. The van der Waals surface area contributed by atoms with Gasteiger partial charge in [-0.1, -0.05) is 18.2 Å². The van der Waals surface area contributed by atoms with Gasteiger partial charge in [0.05, 0.1) is 30.0 Å². The van der Waals surface area contributed by atoms with Crippen LogP contribution in [0.3, 0.4) is 0 Å². The highest BCUT2D eigenvalue weighted by Gasteiger charge is 2.32. The average Bonchev–Trinajstić information content (AvgIpc) is 3.24. The molecule has 1 aliphatic rings. The van der Waals surface area contributed by atoms with Crippen molar-refractivity contribution in [3.63, 3.8) is 0 Å². The summed E-state index contributed by atoms with van der Waals surface area (Å²) < 4.78 is 13.1. The molecule has 0 saturated heterocycles. The van der Waals surface area contributed by atoms with Crippen molar-refractivity contribution in [2.45, 2.75) is 33.7 Å². The van der Waals surface area contributed by atoms with Crippen LogP contribution in [-0.4, -0.2) is 52.1 Å². The number of thiocarbonyl (C=S) groups is 1. The van der Waals surface area contributed by atoms with Crippen molar-refractivity contribution >= 4 is 41.4 Å². The number of aromatic carboxylic acids is 1. The first-order chi connectivity index (χ1) is 20.1. The Bertz CT molecular complexity index is 1590. The maximum Gasteiger partial charge on any atom is 0.338 e. The van der Waals surface area contributed by atoms with Gasteiger partial charge >= 0.3 is 11.9 Å². The topological polar surface area (TPSA) is 143 Å². The molecule has 1 amide bonds. The molecule has 42 heavy (non-hydrogen) atoms. The number of amides is 1. The predicted molar refractivity (Wildman–Crippen MR) is 161 cm³/mol. The third-order valence-corrected chi connectivity index (χ3v) is 6.81. The van der Waals surface area contributed by atoms with Crippen LogP contribution >= 0.6 is 12.2 Å². The highest BCUT2D eigenvalue weighted by molar-refractivity contribution is 7.80. The van der Waals surface area contributed by atoms with E-state index in [1.165, 1.54) is 6.21 Å². The van der Waals surface area contributed by atoms with Crippen LogP contribution in [-0.2, 0) is 14.3 Å². The molecule has 0 unspecified atom stereocenters. The molecule has 1 atom stereocenters. The lowest BCUT2D eigenvalue weighted by molar-refractivity contribution is -0.139. The maximum atomic E-state index is 12.7. The largest absolute Gasteiger partial charge is 0.483 e. The average molecular weight is 590 g/mol. The number of ether oxygens (including phenoxy) is 2. The van der Waals surface area contributed by atoms with E-state index in [1.54, 1.807) is 62.4 Å². The standard InChI is InChI=1S/C30H31N5O6S/c1-5-40-29(39)26-18(3)32-30(42)33-27(26)23-8-6-7-9-24(23)41-16-25(36)34-31-15-21-14-17(2)35(19(21)4)22-12-10-20(11-13-22)28(37)38/h6-15,27H,5,16H2,1-4H3,(H,34,36)(H,37,38)(H2,32,33,42)/t27-/m1/s1. The smallest absolute Gasteiger partial charge is 0.338 e. The predicted octanol–water partition coefficient (Wildman–Crippen LogP) is 3.68. The summed E-state index contributed by atoms with van der Waals surface area (Å²) in [4.78, 5) is 36.5. The van der Waals surface area contributed by atoms with Gasteiger partial charge in [0.2, 0.25) is 0 Å². The number of nitrogens with zero attached hydrogens (tertiary/aromatic N) is 2. The number of allylic oxidation sites excluding steroid dienone is 1. The van der Waals surface area contributed by atoms with Gasteiger partial charge in [-0.2, -0.15) is 5.10 Å². The van der Waals surface area contributed by atoms with Crippen molar-refractivity contribution < 1.29 is 29.0 Å². The molecule has 0 aliphatic carbocycles. The Labute approximate surface area is 248 Å². The Morgan fingerprint density at radius 3 is 2.52 bits per heavy atom. The highest BCUT2D eigenvalue weighted by atomic mass is 32.1. The Morgan fingerprint density at radius 2 is 1.83 bits per heavy atom. The van der Waals surface area contributed by atoms with Gasteiger partial charge in [-0.25, -0.2) is 15.0 Å². The normalized spacial score (nSPS) is 14.8. The molecule has 2 heterocycles. The first-order valence-electron chi connectivity index (χ1n) is 13.1. The Kier molecular flexibility index (Phi) is 9.38. The SMILES string of the molecule is CCOC(=O)C1=C(C)NC(=S)N[C@@H]1c1ccccc1OCC(=O)NN=Cc1cc(C)n(-c2ccc(C(=O)O)cc2)c1C. The Hall–Kier alpha value is -4.97. The molecule has 4 rings (SSSR count). The molecular weight excluding hydrogens is 558 g/mol. The number of hydrogen-bond acceptors (Lipinski definition) is 7. The van der Waals surface area contributed by atoms with Crippen LogP contribution in [0.25, 0.3) is 5.69 Å². The second-order valence-corrected chi connectivity index (χ2v) is 9.83. The molecular formula is C30H31N5O6S. The molecule has 0 radical (unpaired) electrons. The van der Waals surface area contributed by atoms with Gasteiger partial charge in [-0.05, 0) is 76.3 Å². The Balaban J connectivity index is 1.43. The summed E-state index contributed by atoms with van der Waals surface area (Å²) in [7, 11) is 0. The summed E-state index contributed by atoms with van der Waals surface area (Å²) in [5.74, 6) is -1.56. The lowest BCUT2D eigenvalue weighted by Gasteiger charge is -2.30. The van der Waals surface area contributed by atoms with E-state index in [-0.39, 0.29) is 18.8 Å². The number of carbonyl (C=O) groups excluding carboxylic acids is 2. The van der Waals surface area contributed by atoms with Crippen molar-refractivity contribution in [2.75, 3.05) is 13.2 Å². The van der Waals surface area contributed by atoms with Crippen molar-refractivity contribution in [1.29, 1.82) is 0 Å². The molecule has 0 spiro atoms.